The first-order chi connectivity index (χ1) is 16.3. The summed E-state index contributed by atoms with van der Waals surface area (Å²) in [5.41, 5.74) is 6.99. The van der Waals surface area contributed by atoms with Crippen LogP contribution in [-0.4, -0.2) is 36.1 Å². The normalized spacial score (nSPS) is 13.3. The molecule has 0 radical (unpaired) electrons. The number of aryl methyl sites for hydroxylation is 1. The summed E-state index contributed by atoms with van der Waals surface area (Å²) in [5.74, 6) is 0. The Kier molecular flexibility index (Phi) is 16.3. The fourth-order valence-electron chi connectivity index (χ4n) is 3.83. The minimum Gasteiger partial charge on any atom is -0.387 e. The van der Waals surface area contributed by atoms with E-state index in [1.54, 1.807) is 17.5 Å². The predicted octanol–water partition coefficient (Wildman–Crippen LogP) is 7.63. The lowest BCUT2D eigenvalue weighted by Crippen LogP contribution is -2.44. The molecule has 34 heavy (non-hydrogen) atoms. The van der Waals surface area contributed by atoms with Gasteiger partial charge in [-0.15, -0.1) is 11.3 Å². The smallest absolute Gasteiger partial charge is 0.0801 e. The van der Waals surface area contributed by atoms with Crippen LogP contribution in [0.5, 0.6) is 0 Å². The quantitative estimate of drug-likeness (QED) is 0.422. The number of hydrogen-bond donors (Lipinski definition) is 2. The molecule has 1 unspecified atom stereocenters. The number of nitrogens with zero attached hydrogens (tertiary/aromatic N) is 2. The van der Waals surface area contributed by atoms with E-state index in [0.29, 0.717) is 6.04 Å². The molecule has 0 bridgehead atoms. The molecule has 0 saturated carbocycles. The van der Waals surface area contributed by atoms with Gasteiger partial charge in [0.15, 0.2) is 0 Å². The van der Waals surface area contributed by atoms with E-state index in [9.17, 15) is 0 Å². The second-order valence-corrected chi connectivity index (χ2v) is 9.68. The molecule has 0 spiro atoms. The van der Waals surface area contributed by atoms with Crippen molar-refractivity contribution in [2.24, 2.45) is 5.41 Å². The SMILES string of the molecule is C=C(C(NC)C(C)(C)C)N1CCCC1.C=CNCc1ccc(-c2scnc2C)cc1.CC.CC. The molecule has 0 amide bonds. The average molecular weight is 487 g/mol. The molecular formula is C29H50N4S. The van der Waals surface area contributed by atoms with Gasteiger partial charge in [0.1, 0.15) is 0 Å². The average Bonchev–Trinajstić information content (AvgIpc) is 3.53. The van der Waals surface area contributed by atoms with Gasteiger partial charge in [-0.1, -0.05) is 85.9 Å². The van der Waals surface area contributed by atoms with Crippen molar-refractivity contribution in [3.63, 3.8) is 0 Å². The number of thiazole rings is 1. The molecule has 1 aliphatic rings. The van der Waals surface area contributed by atoms with Gasteiger partial charge in [-0.3, -0.25) is 0 Å². The highest BCUT2D eigenvalue weighted by atomic mass is 32.1. The number of hydrogen-bond acceptors (Lipinski definition) is 5. The van der Waals surface area contributed by atoms with Crippen LogP contribution in [0.15, 0.2) is 54.8 Å². The zero-order chi connectivity index (χ0) is 26.1. The van der Waals surface area contributed by atoms with Crippen LogP contribution in [0.2, 0.25) is 0 Å². The Morgan fingerprint density at radius 3 is 2.09 bits per heavy atom. The van der Waals surface area contributed by atoms with E-state index in [1.165, 1.54) is 47.6 Å². The van der Waals surface area contributed by atoms with E-state index < -0.39 is 0 Å². The Balaban J connectivity index is 0.000000563. The van der Waals surface area contributed by atoms with Gasteiger partial charge in [0, 0.05) is 25.3 Å². The van der Waals surface area contributed by atoms with Gasteiger partial charge in [-0.05, 0) is 49.6 Å². The van der Waals surface area contributed by atoms with E-state index >= 15 is 0 Å². The number of aromatic nitrogens is 1. The molecule has 1 aromatic heterocycles. The van der Waals surface area contributed by atoms with Crippen LogP contribution in [-0.2, 0) is 6.54 Å². The maximum Gasteiger partial charge on any atom is 0.0801 e. The van der Waals surface area contributed by atoms with Crippen molar-refractivity contribution >= 4 is 11.3 Å². The van der Waals surface area contributed by atoms with Gasteiger partial charge in [-0.2, -0.15) is 0 Å². The topological polar surface area (TPSA) is 40.2 Å². The van der Waals surface area contributed by atoms with Gasteiger partial charge in [0.25, 0.3) is 0 Å². The number of nitrogens with one attached hydrogen (secondary N) is 2. The van der Waals surface area contributed by atoms with Crippen LogP contribution in [0.1, 0.15) is 72.6 Å². The minimum atomic E-state index is 0.244. The van der Waals surface area contributed by atoms with Gasteiger partial charge in [0.2, 0.25) is 0 Å². The molecule has 1 atom stereocenters. The summed E-state index contributed by atoms with van der Waals surface area (Å²) in [6, 6.07) is 8.93. The van der Waals surface area contributed by atoms with Crippen molar-refractivity contribution in [1.82, 2.24) is 20.5 Å². The third-order valence-electron chi connectivity index (χ3n) is 5.41. The number of likely N-dealkylation sites (N-methyl/N-ethyl adjacent to an activating group) is 1. The number of rotatable bonds is 7. The Hall–Kier alpha value is -2.11. The van der Waals surface area contributed by atoms with Crippen molar-refractivity contribution < 1.29 is 0 Å². The maximum atomic E-state index is 4.26. The predicted molar refractivity (Wildman–Crippen MR) is 154 cm³/mol. The van der Waals surface area contributed by atoms with Gasteiger partial charge >= 0.3 is 0 Å². The summed E-state index contributed by atoms with van der Waals surface area (Å²) < 4.78 is 0. The first-order valence-electron chi connectivity index (χ1n) is 12.7. The number of benzene rings is 1. The summed E-state index contributed by atoms with van der Waals surface area (Å²) in [6.07, 6.45) is 4.35. The summed E-state index contributed by atoms with van der Waals surface area (Å²) in [6.45, 7) is 27.9. The third-order valence-corrected chi connectivity index (χ3v) is 6.39. The summed E-state index contributed by atoms with van der Waals surface area (Å²) in [7, 11) is 2.02. The lowest BCUT2D eigenvalue weighted by Gasteiger charge is -2.36. The molecule has 2 N–H and O–H groups in total. The Labute approximate surface area is 214 Å². The van der Waals surface area contributed by atoms with Crippen LogP contribution < -0.4 is 10.6 Å². The molecule has 4 nitrogen and oxygen atoms in total. The van der Waals surface area contributed by atoms with E-state index in [4.69, 9.17) is 0 Å². The maximum absolute atomic E-state index is 4.26. The van der Waals surface area contributed by atoms with Gasteiger partial charge in [-0.25, -0.2) is 4.98 Å². The molecule has 2 aromatic rings. The summed E-state index contributed by atoms with van der Waals surface area (Å²) in [4.78, 5) is 7.93. The van der Waals surface area contributed by atoms with Crippen LogP contribution in [0.25, 0.3) is 10.4 Å². The summed E-state index contributed by atoms with van der Waals surface area (Å²) >= 11 is 1.68. The van der Waals surface area contributed by atoms with E-state index in [1.807, 2.05) is 47.2 Å². The third kappa shape index (κ3) is 10.4. The first-order valence-corrected chi connectivity index (χ1v) is 13.6. The van der Waals surface area contributed by atoms with Crippen molar-refractivity contribution in [1.29, 1.82) is 0 Å². The van der Waals surface area contributed by atoms with Gasteiger partial charge in [0.05, 0.1) is 22.1 Å². The molecule has 1 aromatic carbocycles. The number of likely N-dealkylation sites (tertiary alicyclic amines) is 1. The molecule has 1 aliphatic heterocycles. The highest BCUT2D eigenvalue weighted by molar-refractivity contribution is 7.13. The lowest BCUT2D eigenvalue weighted by atomic mass is 9.85. The Bertz CT molecular complexity index is 796. The first kappa shape index (κ1) is 31.9. The highest BCUT2D eigenvalue weighted by Gasteiger charge is 2.29. The summed E-state index contributed by atoms with van der Waals surface area (Å²) in [5, 5.41) is 6.46. The molecule has 5 heteroatoms. The zero-order valence-corrected chi connectivity index (χ0v) is 24.1. The monoisotopic (exact) mass is 486 g/mol. The van der Waals surface area contributed by atoms with E-state index in [-0.39, 0.29) is 5.41 Å². The van der Waals surface area contributed by atoms with Crippen LogP contribution in [0.3, 0.4) is 0 Å². The molecule has 3 rings (SSSR count). The van der Waals surface area contributed by atoms with Crippen LogP contribution in [0, 0.1) is 12.3 Å². The molecular weight excluding hydrogens is 436 g/mol. The van der Waals surface area contributed by atoms with Crippen molar-refractivity contribution in [3.05, 3.63) is 66.1 Å². The van der Waals surface area contributed by atoms with Crippen molar-refractivity contribution in [3.8, 4) is 10.4 Å². The lowest BCUT2D eigenvalue weighted by molar-refractivity contribution is 0.259. The molecule has 192 valence electrons. The fourth-order valence-corrected chi connectivity index (χ4v) is 4.64. The molecule has 2 heterocycles. The second-order valence-electron chi connectivity index (χ2n) is 8.82. The van der Waals surface area contributed by atoms with Crippen molar-refractivity contribution in [2.45, 2.75) is 80.8 Å². The Morgan fingerprint density at radius 2 is 1.68 bits per heavy atom. The second kappa shape index (κ2) is 17.3. The molecule has 1 fully saturated rings. The van der Waals surface area contributed by atoms with Crippen LogP contribution in [0.4, 0.5) is 0 Å². The van der Waals surface area contributed by atoms with Crippen molar-refractivity contribution in [2.75, 3.05) is 20.1 Å². The Morgan fingerprint density at radius 1 is 1.12 bits per heavy atom. The fraction of sp³-hybridized carbons (Fsp3) is 0.552. The van der Waals surface area contributed by atoms with Crippen LogP contribution >= 0.6 is 11.3 Å². The zero-order valence-electron chi connectivity index (χ0n) is 23.3. The van der Waals surface area contributed by atoms with E-state index in [0.717, 1.165) is 12.2 Å². The minimum absolute atomic E-state index is 0.244. The van der Waals surface area contributed by atoms with Gasteiger partial charge < -0.3 is 15.5 Å². The standard InChI is InChI=1S/C13H14N2S.C12H24N2.2C2H6/c1-3-14-8-11-4-6-12(7-5-11)13-10(2)15-9-16-13;1-10(14-8-6-7-9-14)11(13-5)12(2,3)4;2*1-2/h3-7,9,14H,1,8H2,2H3;11,13H,1,6-9H2,2-5H3;2*1-2H3. The molecule has 0 aliphatic carbocycles. The largest absolute Gasteiger partial charge is 0.387 e. The van der Waals surface area contributed by atoms with E-state index in [2.05, 4.69) is 78.7 Å². The molecule has 1 saturated heterocycles. The highest BCUT2D eigenvalue weighted by Crippen LogP contribution is 2.28.